The molecule has 1 amide bonds. The second-order valence-electron chi connectivity index (χ2n) is 4.03. The molecule has 0 fully saturated rings. The van der Waals surface area contributed by atoms with Crippen LogP contribution in [0.15, 0.2) is 30.7 Å². The van der Waals surface area contributed by atoms with Gasteiger partial charge in [-0.15, -0.1) is 0 Å². The Morgan fingerprint density at radius 3 is 2.63 bits per heavy atom. The third-order valence-electron chi connectivity index (χ3n) is 2.36. The van der Waals surface area contributed by atoms with E-state index in [1.807, 2.05) is 14.1 Å². The third kappa shape index (κ3) is 3.14. The maximum atomic E-state index is 12.0. The fourth-order valence-electron chi connectivity index (χ4n) is 1.42. The van der Waals surface area contributed by atoms with Gasteiger partial charge in [-0.2, -0.15) is 0 Å². The van der Waals surface area contributed by atoms with E-state index in [2.05, 4.69) is 20.3 Å². The average Bonchev–Trinajstić information content (AvgIpc) is 2.39. The van der Waals surface area contributed by atoms with Crippen LogP contribution in [-0.2, 0) is 0 Å². The fourth-order valence-corrected chi connectivity index (χ4v) is 1.64. The molecule has 0 radical (unpaired) electrons. The molecule has 0 spiro atoms. The Labute approximate surface area is 115 Å². The zero-order valence-corrected chi connectivity index (χ0v) is 11.4. The molecule has 2 aromatic heterocycles. The van der Waals surface area contributed by atoms with Crippen molar-refractivity contribution >= 4 is 29.8 Å². The summed E-state index contributed by atoms with van der Waals surface area (Å²) >= 11 is 5.05. The van der Waals surface area contributed by atoms with Gasteiger partial charge < -0.3 is 15.2 Å². The van der Waals surface area contributed by atoms with E-state index in [4.69, 9.17) is 12.2 Å². The summed E-state index contributed by atoms with van der Waals surface area (Å²) in [4.78, 5) is 24.8. The maximum absolute atomic E-state index is 12.0. The van der Waals surface area contributed by atoms with Crippen molar-refractivity contribution in [1.29, 1.82) is 0 Å². The van der Waals surface area contributed by atoms with Gasteiger partial charge in [0.05, 0.1) is 23.6 Å². The molecule has 98 valence electrons. The van der Waals surface area contributed by atoms with Crippen LogP contribution in [0.25, 0.3) is 0 Å². The molecule has 0 aliphatic carbocycles. The van der Waals surface area contributed by atoms with Crippen molar-refractivity contribution in [2.24, 2.45) is 0 Å². The van der Waals surface area contributed by atoms with Crippen LogP contribution in [0.3, 0.4) is 0 Å². The minimum absolute atomic E-state index is 0.289. The lowest BCUT2D eigenvalue weighted by atomic mass is 10.2. The van der Waals surface area contributed by atoms with Gasteiger partial charge in [-0.3, -0.25) is 4.79 Å². The van der Waals surface area contributed by atoms with Gasteiger partial charge in [0, 0.05) is 20.3 Å². The maximum Gasteiger partial charge on any atom is 0.258 e. The highest BCUT2D eigenvalue weighted by Crippen LogP contribution is 2.10. The smallest absolute Gasteiger partial charge is 0.258 e. The van der Waals surface area contributed by atoms with E-state index in [1.165, 1.54) is 0 Å². The normalized spacial score (nSPS) is 10.0. The Morgan fingerprint density at radius 2 is 2.05 bits per heavy atom. The molecule has 0 aromatic carbocycles. The summed E-state index contributed by atoms with van der Waals surface area (Å²) in [5.74, 6) is 0.290. The molecule has 0 bridgehead atoms. The Morgan fingerprint density at radius 1 is 1.37 bits per heavy atom. The standard InChI is InChI=1S/C12H13N5OS/c1-17(2)12-14-6-8(7-15-12)16-10(18)9-4-3-5-13-11(9)19/h3-7H,1-2H3,(H,13,19)(H,16,18). The first-order valence-corrected chi connectivity index (χ1v) is 5.97. The van der Waals surface area contributed by atoms with Gasteiger partial charge >= 0.3 is 0 Å². The number of anilines is 2. The summed E-state index contributed by atoms with van der Waals surface area (Å²) in [6.45, 7) is 0. The molecule has 2 rings (SSSR count). The number of carbonyl (C=O) groups excluding carboxylic acids is 1. The van der Waals surface area contributed by atoms with Crippen LogP contribution < -0.4 is 10.2 Å². The molecule has 2 heterocycles. The van der Waals surface area contributed by atoms with Crippen molar-refractivity contribution < 1.29 is 4.79 Å². The number of hydrogen-bond donors (Lipinski definition) is 2. The van der Waals surface area contributed by atoms with Crippen LogP contribution in [0, 0.1) is 4.64 Å². The quantitative estimate of drug-likeness (QED) is 0.836. The van der Waals surface area contributed by atoms with E-state index in [0.29, 0.717) is 21.8 Å². The van der Waals surface area contributed by atoms with Gasteiger partial charge in [0.25, 0.3) is 5.91 Å². The number of rotatable bonds is 3. The topological polar surface area (TPSA) is 73.9 Å². The van der Waals surface area contributed by atoms with Crippen molar-refractivity contribution in [3.05, 3.63) is 40.9 Å². The zero-order valence-electron chi connectivity index (χ0n) is 10.5. The Kier molecular flexibility index (Phi) is 3.86. The molecule has 6 nitrogen and oxygen atoms in total. The van der Waals surface area contributed by atoms with Gasteiger partial charge in [0.15, 0.2) is 0 Å². The molecule has 0 saturated heterocycles. The number of hydrogen-bond acceptors (Lipinski definition) is 5. The Balaban J connectivity index is 2.15. The average molecular weight is 275 g/mol. The molecule has 2 N–H and O–H groups in total. The summed E-state index contributed by atoms with van der Waals surface area (Å²) in [7, 11) is 3.69. The first-order chi connectivity index (χ1) is 9.08. The SMILES string of the molecule is CN(C)c1ncc(NC(=O)c2ccc[nH]c2=S)cn1. The largest absolute Gasteiger partial charge is 0.352 e. The number of aromatic nitrogens is 3. The fraction of sp³-hybridized carbons (Fsp3) is 0.167. The van der Waals surface area contributed by atoms with Crippen molar-refractivity contribution in [1.82, 2.24) is 15.0 Å². The molecular weight excluding hydrogens is 262 g/mol. The van der Waals surface area contributed by atoms with E-state index in [-0.39, 0.29) is 5.91 Å². The van der Waals surface area contributed by atoms with Crippen molar-refractivity contribution in [3.63, 3.8) is 0 Å². The first-order valence-electron chi connectivity index (χ1n) is 5.56. The van der Waals surface area contributed by atoms with Crippen LogP contribution in [0.5, 0.6) is 0 Å². The summed E-state index contributed by atoms with van der Waals surface area (Å²) in [5, 5.41) is 2.70. The van der Waals surface area contributed by atoms with Gasteiger partial charge in [-0.25, -0.2) is 9.97 Å². The number of pyridine rings is 1. The summed E-state index contributed by atoms with van der Waals surface area (Å²) in [6, 6.07) is 3.37. The van der Waals surface area contributed by atoms with Crippen molar-refractivity contribution in [3.8, 4) is 0 Å². The summed E-state index contributed by atoms with van der Waals surface area (Å²) < 4.78 is 0.394. The lowest BCUT2D eigenvalue weighted by Gasteiger charge is -2.10. The molecule has 2 aromatic rings. The monoisotopic (exact) mass is 275 g/mol. The predicted octanol–water partition coefficient (Wildman–Crippen LogP) is 1.85. The highest BCUT2D eigenvalue weighted by atomic mass is 32.1. The summed E-state index contributed by atoms with van der Waals surface area (Å²) in [6.07, 6.45) is 4.78. The number of nitrogens with zero attached hydrogens (tertiary/aromatic N) is 3. The van der Waals surface area contributed by atoms with E-state index < -0.39 is 0 Å². The lowest BCUT2D eigenvalue weighted by Crippen LogP contribution is -2.15. The summed E-state index contributed by atoms with van der Waals surface area (Å²) in [5.41, 5.74) is 0.933. The Bertz CT molecular complexity index is 635. The second kappa shape index (κ2) is 5.57. The third-order valence-corrected chi connectivity index (χ3v) is 2.70. The number of amides is 1. The van der Waals surface area contributed by atoms with Gasteiger partial charge in [0.1, 0.15) is 4.64 Å². The lowest BCUT2D eigenvalue weighted by molar-refractivity contribution is 0.102. The van der Waals surface area contributed by atoms with Crippen LogP contribution in [0.2, 0.25) is 0 Å². The molecule has 0 atom stereocenters. The van der Waals surface area contributed by atoms with Gasteiger partial charge in [-0.05, 0) is 12.1 Å². The van der Waals surface area contributed by atoms with Gasteiger partial charge in [0.2, 0.25) is 5.95 Å². The molecule has 0 aliphatic heterocycles. The molecule has 0 saturated carbocycles. The number of carbonyl (C=O) groups is 1. The van der Waals surface area contributed by atoms with Crippen LogP contribution in [0.1, 0.15) is 10.4 Å². The predicted molar refractivity (Wildman–Crippen MR) is 75.9 cm³/mol. The Hall–Kier alpha value is -2.28. The van der Waals surface area contributed by atoms with E-state index in [1.54, 1.807) is 35.6 Å². The van der Waals surface area contributed by atoms with E-state index in [0.717, 1.165) is 0 Å². The molecule has 0 aliphatic rings. The number of H-pyrrole nitrogens is 1. The van der Waals surface area contributed by atoms with Gasteiger partial charge in [-0.1, -0.05) is 12.2 Å². The minimum Gasteiger partial charge on any atom is -0.352 e. The highest BCUT2D eigenvalue weighted by Gasteiger charge is 2.08. The minimum atomic E-state index is -0.289. The first kappa shape index (κ1) is 13.2. The molecule has 19 heavy (non-hydrogen) atoms. The zero-order chi connectivity index (χ0) is 13.8. The van der Waals surface area contributed by atoms with Crippen LogP contribution in [0.4, 0.5) is 11.6 Å². The van der Waals surface area contributed by atoms with Crippen LogP contribution >= 0.6 is 12.2 Å². The molecular formula is C12H13N5OS. The number of nitrogens with one attached hydrogen (secondary N) is 2. The molecule has 0 unspecified atom stereocenters. The van der Waals surface area contributed by atoms with E-state index in [9.17, 15) is 4.79 Å². The van der Waals surface area contributed by atoms with Crippen molar-refractivity contribution in [2.45, 2.75) is 0 Å². The molecule has 7 heteroatoms. The van der Waals surface area contributed by atoms with E-state index >= 15 is 0 Å². The second-order valence-corrected chi connectivity index (χ2v) is 4.44. The number of aromatic amines is 1. The van der Waals surface area contributed by atoms with Crippen LogP contribution in [-0.4, -0.2) is 35.0 Å². The van der Waals surface area contributed by atoms with Crippen molar-refractivity contribution in [2.75, 3.05) is 24.3 Å². The highest BCUT2D eigenvalue weighted by molar-refractivity contribution is 7.71.